The van der Waals surface area contributed by atoms with Crippen LogP contribution >= 0.6 is 11.6 Å². The molecule has 2 atom stereocenters. The highest BCUT2D eigenvalue weighted by atomic mass is 35.5. The number of nitrogens with zero attached hydrogens (tertiary/aromatic N) is 4. The van der Waals surface area contributed by atoms with Crippen molar-refractivity contribution in [3.8, 4) is 0 Å². The summed E-state index contributed by atoms with van der Waals surface area (Å²) in [6, 6.07) is 1.48. The number of anilines is 1. The van der Waals surface area contributed by atoms with Gasteiger partial charge in [0.25, 0.3) is 6.43 Å². The van der Waals surface area contributed by atoms with E-state index in [0.717, 1.165) is 32.5 Å². The van der Waals surface area contributed by atoms with Crippen molar-refractivity contribution in [3.05, 3.63) is 16.8 Å². The maximum Gasteiger partial charge on any atom is 0.267 e. The molecule has 2 aliphatic rings. The van der Waals surface area contributed by atoms with Crippen LogP contribution in [-0.4, -0.2) is 47.8 Å². The topological polar surface area (TPSA) is 32.3 Å². The quantitative estimate of drug-likeness (QED) is 0.840. The lowest BCUT2D eigenvalue weighted by molar-refractivity contribution is 0.150. The van der Waals surface area contributed by atoms with Gasteiger partial charge in [0.2, 0.25) is 0 Å². The average Bonchev–Trinajstić information content (AvgIpc) is 2.81. The van der Waals surface area contributed by atoms with Crippen LogP contribution in [0.15, 0.2) is 6.07 Å². The van der Waals surface area contributed by atoms with E-state index >= 15 is 0 Å². The monoisotopic (exact) mass is 302 g/mol. The van der Waals surface area contributed by atoms with Gasteiger partial charge in [0.15, 0.2) is 11.0 Å². The predicted octanol–water partition coefficient (Wildman–Crippen LogP) is 2.60. The molecule has 110 valence electrons. The van der Waals surface area contributed by atoms with Crippen LogP contribution in [0.4, 0.5) is 14.6 Å². The van der Waals surface area contributed by atoms with Gasteiger partial charge in [-0.1, -0.05) is 11.6 Å². The average molecular weight is 303 g/mol. The predicted molar refractivity (Wildman–Crippen MR) is 73.4 cm³/mol. The Morgan fingerprint density at radius 2 is 2.05 bits per heavy atom. The molecule has 7 heteroatoms. The van der Waals surface area contributed by atoms with Gasteiger partial charge in [0.1, 0.15) is 0 Å². The van der Waals surface area contributed by atoms with Crippen molar-refractivity contribution >= 4 is 17.4 Å². The number of aromatic nitrogens is 2. The fraction of sp³-hybridized carbons (Fsp3) is 0.692. The van der Waals surface area contributed by atoms with E-state index in [0.29, 0.717) is 11.7 Å². The first kappa shape index (κ1) is 13.9. The van der Waals surface area contributed by atoms with Crippen LogP contribution in [-0.2, 0) is 0 Å². The zero-order chi connectivity index (χ0) is 14.3. The zero-order valence-corrected chi connectivity index (χ0v) is 12.0. The van der Waals surface area contributed by atoms with Crippen molar-refractivity contribution in [1.29, 1.82) is 0 Å². The van der Waals surface area contributed by atoms with Gasteiger partial charge >= 0.3 is 0 Å². The first-order valence-electron chi connectivity index (χ1n) is 6.82. The molecule has 20 heavy (non-hydrogen) atoms. The van der Waals surface area contributed by atoms with Crippen LogP contribution in [0.1, 0.15) is 24.8 Å². The summed E-state index contributed by atoms with van der Waals surface area (Å²) in [6.45, 7) is 2.72. The molecule has 1 aromatic rings. The van der Waals surface area contributed by atoms with Crippen molar-refractivity contribution in [2.24, 2.45) is 5.92 Å². The van der Waals surface area contributed by atoms with Crippen molar-refractivity contribution < 1.29 is 8.78 Å². The maximum atomic E-state index is 13.2. The van der Waals surface area contributed by atoms with Crippen molar-refractivity contribution in [2.75, 3.05) is 31.6 Å². The van der Waals surface area contributed by atoms with Gasteiger partial charge in [-0.05, 0) is 38.4 Å². The van der Waals surface area contributed by atoms with Crippen LogP contribution in [0.3, 0.4) is 0 Å². The summed E-state index contributed by atoms with van der Waals surface area (Å²) in [5.74, 6) is 0.862. The van der Waals surface area contributed by atoms with Crippen LogP contribution in [0.5, 0.6) is 0 Å². The number of piperidine rings is 1. The van der Waals surface area contributed by atoms with E-state index in [4.69, 9.17) is 11.6 Å². The molecule has 2 fully saturated rings. The van der Waals surface area contributed by atoms with Gasteiger partial charge < -0.3 is 9.80 Å². The second-order valence-corrected chi connectivity index (χ2v) is 5.99. The Morgan fingerprint density at radius 1 is 1.30 bits per heavy atom. The normalized spacial score (nSPS) is 27.1. The molecular formula is C13H17ClF2N4. The fourth-order valence-corrected chi connectivity index (χ4v) is 3.48. The number of likely N-dealkylation sites (N-methyl/N-ethyl adjacent to an activating group) is 1. The molecule has 3 heterocycles. The second kappa shape index (κ2) is 5.41. The third-order valence-corrected chi connectivity index (χ3v) is 4.53. The van der Waals surface area contributed by atoms with E-state index < -0.39 is 6.43 Å². The summed E-state index contributed by atoms with van der Waals surface area (Å²) < 4.78 is 26.4. The Balaban J connectivity index is 1.93. The third-order valence-electron chi connectivity index (χ3n) is 4.35. The minimum atomic E-state index is -2.58. The van der Waals surface area contributed by atoms with Crippen molar-refractivity contribution in [1.82, 2.24) is 15.1 Å². The highest BCUT2D eigenvalue weighted by Gasteiger charge is 2.39. The minimum absolute atomic E-state index is 0.0144. The molecule has 4 nitrogen and oxygen atoms in total. The highest BCUT2D eigenvalue weighted by molar-refractivity contribution is 6.29. The summed E-state index contributed by atoms with van der Waals surface area (Å²) in [7, 11) is 2.06. The molecule has 0 unspecified atom stereocenters. The van der Waals surface area contributed by atoms with E-state index in [9.17, 15) is 8.78 Å². The lowest BCUT2D eigenvalue weighted by atomic mass is 9.92. The maximum absolute atomic E-state index is 13.2. The van der Waals surface area contributed by atoms with Gasteiger partial charge in [0, 0.05) is 19.1 Å². The number of alkyl halides is 2. The Bertz CT molecular complexity index is 499. The molecule has 3 rings (SSSR count). The summed E-state index contributed by atoms with van der Waals surface area (Å²) in [4.78, 5) is 4.23. The zero-order valence-electron chi connectivity index (χ0n) is 11.3. The number of rotatable bonds is 2. The number of hydrogen-bond donors (Lipinski definition) is 0. The number of halogens is 3. The second-order valence-electron chi connectivity index (χ2n) is 5.61. The number of fused-ring (bicyclic) bond motifs is 1. The Morgan fingerprint density at radius 3 is 2.80 bits per heavy atom. The molecule has 0 aromatic carbocycles. The summed E-state index contributed by atoms with van der Waals surface area (Å²) in [6.07, 6.45) is -0.438. The summed E-state index contributed by atoms with van der Waals surface area (Å²) in [5.41, 5.74) is -0.112. The number of likely N-dealkylation sites (tertiary alicyclic amines) is 1. The van der Waals surface area contributed by atoms with Crippen molar-refractivity contribution in [3.63, 3.8) is 0 Å². The molecular weight excluding hydrogens is 286 g/mol. The first-order valence-corrected chi connectivity index (χ1v) is 7.20. The molecule has 2 saturated heterocycles. The molecule has 1 aromatic heterocycles. The Hall–Kier alpha value is -1.01. The standard InChI is InChI=1S/C13H17ClF2N4/c1-19-4-2-8-3-5-20(10(8)7-19)13-9(12(15)16)6-11(14)17-18-13/h6,8,10,12H,2-5,7H2,1H3/t8-,10-/m0/s1. The summed E-state index contributed by atoms with van der Waals surface area (Å²) in [5, 5.41) is 7.71. The molecule has 0 bridgehead atoms. The van der Waals surface area contributed by atoms with Crippen LogP contribution in [0.2, 0.25) is 5.15 Å². The van der Waals surface area contributed by atoms with E-state index in [-0.39, 0.29) is 16.8 Å². The first-order chi connectivity index (χ1) is 9.56. The lowest BCUT2D eigenvalue weighted by Gasteiger charge is -2.37. The van der Waals surface area contributed by atoms with E-state index in [2.05, 4.69) is 22.1 Å². The van der Waals surface area contributed by atoms with Crippen molar-refractivity contribution in [2.45, 2.75) is 25.3 Å². The third kappa shape index (κ3) is 2.46. The summed E-state index contributed by atoms with van der Waals surface area (Å²) >= 11 is 5.69. The van der Waals surface area contributed by atoms with E-state index in [1.807, 2.05) is 4.90 Å². The molecule has 0 spiro atoms. The minimum Gasteiger partial charge on any atom is -0.350 e. The van der Waals surface area contributed by atoms with Crippen LogP contribution in [0.25, 0.3) is 0 Å². The Labute approximate surface area is 121 Å². The molecule has 2 aliphatic heterocycles. The van der Waals surface area contributed by atoms with Crippen LogP contribution in [0, 0.1) is 5.92 Å². The molecule has 0 amide bonds. The van der Waals surface area contributed by atoms with Gasteiger partial charge in [0.05, 0.1) is 5.56 Å². The van der Waals surface area contributed by atoms with E-state index in [1.165, 1.54) is 6.07 Å². The Kier molecular flexibility index (Phi) is 3.77. The van der Waals surface area contributed by atoms with Gasteiger partial charge in [-0.2, -0.15) is 0 Å². The SMILES string of the molecule is CN1CC[C@H]2CCN(c3nnc(Cl)cc3C(F)F)[C@H]2C1. The van der Waals surface area contributed by atoms with Crippen LogP contribution < -0.4 is 4.90 Å². The largest absolute Gasteiger partial charge is 0.350 e. The lowest BCUT2D eigenvalue weighted by Crippen LogP contribution is -2.47. The molecule has 0 aliphatic carbocycles. The fourth-order valence-electron chi connectivity index (χ4n) is 3.32. The molecule has 0 saturated carbocycles. The number of hydrogen-bond acceptors (Lipinski definition) is 4. The smallest absolute Gasteiger partial charge is 0.267 e. The highest BCUT2D eigenvalue weighted by Crippen LogP contribution is 2.38. The van der Waals surface area contributed by atoms with E-state index in [1.54, 1.807) is 0 Å². The van der Waals surface area contributed by atoms with Gasteiger partial charge in [-0.25, -0.2) is 8.78 Å². The molecule has 0 N–H and O–H groups in total. The molecule has 0 radical (unpaired) electrons. The van der Waals surface area contributed by atoms with Gasteiger partial charge in [-0.3, -0.25) is 0 Å². The van der Waals surface area contributed by atoms with Gasteiger partial charge in [-0.15, -0.1) is 10.2 Å².